The normalized spacial score (nSPS) is 14.8. The Morgan fingerprint density at radius 3 is 1.86 bits per heavy atom. The van der Waals surface area contributed by atoms with Crippen LogP contribution in [0.1, 0.15) is 48.0 Å². The van der Waals surface area contributed by atoms with Crippen molar-refractivity contribution in [1.82, 2.24) is 10.2 Å². The van der Waals surface area contributed by atoms with Gasteiger partial charge in [-0.05, 0) is 39.9 Å². The number of hydrogen-bond acceptors (Lipinski definition) is 2. The molecule has 0 rings (SSSR count). The second-order valence-electron chi connectivity index (χ2n) is 4.34. The fourth-order valence-electron chi connectivity index (χ4n) is 2.40. The lowest BCUT2D eigenvalue weighted by molar-refractivity contribution is 0.0902. The summed E-state index contributed by atoms with van der Waals surface area (Å²) in [5.74, 6) is 0. The highest BCUT2D eigenvalue weighted by molar-refractivity contribution is 4.91. The van der Waals surface area contributed by atoms with Crippen LogP contribution in [-0.2, 0) is 0 Å². The van der Waals surface area contributed by atoms with Crippen LogP contribution in [-0.4, -0.2) is 36.1 Å². The van der Waals surface area contributed by atoms with Gasteiger partial charge in [0.25, 0.3) is 0 Å². The van der Waals surface area contributed by atoms with E-state index >= 15 is 0 Å². The van der Waals surface area contributed by atoms with Crippen molar-refractivity contribution >= 4 is 0 Å². The largest absolute Gasteiger partial charge is 0.312 e. The number of rotatable bonds is 7. The molecule has 1 unspecified atom stereocenters. The summed E-state index contributed by atoms with van der Waals surface area (Å²) in [5, 5.41) is 3.58. The van der Waals surface area contributed by atoms with Gasteiger partial charge in [0.1, 0.15) is 0 Å². The Morgan fingerprint density at radius 1 is 1.07 bits per heavy atom. The highest BCUT2D eigenvalue weighted by Gasteiger charge is 2.31. The minimum Gasteiger partial charge on any atom is -0.312 e. The first-order valence-electron chi connectivity index (χ1n) is 6.02. The predicted octanol–water partition coefficient (Wildman–Crippen LogP) is 2.49. The molecule has 0 aliphatic heterocycles. The molecular weight excluding hydrogens is 172 g/mol. The minimum atomic E-state index is 0.258. The van der Waals surface area contributed by atoms with Crippen molar-refractivity contribution in [3.8, 4) is 0 Å². The molecule has 0 radical (unpaired) electrons. The Hall–Kier alpha value is -0.0800. The molecule has 0 aliphatic rings. The molecule has 0 saturated heterocycles. The lowest BCUT2D eigenvalue weighted by Crippen LogP contribution is -2.57. The molecule has 1 atom stereocenters. The summed E-state index contributed by atoms with van der Waals surface area (Å²) >= 11 is 0. The van der Waals surface area contributed by atoms with Crippen molar-refractivity contribution in [1.29, 1.82) is 0 Å². The second-order valence-corrected chi connectivity index (χ2v) is 4.34. The van der Waals surface area contributed by atoms with Crippen molar-refractivity contribution in [2.75, 3.05) is 19.6 Å². The Balaban J connectivity index is 4.51. The van der Waals surface area contributed by atoms with Crippen LogP contribution in [0.4, 0.5) is 0 Å². The van der Waals surface area contributed by atoms with E-state index in [1.807, 2.05) is 0 Å². The van der Waals surface area contributed by atoms with Gasteiger partial charge in [0.05, 0.1) is 0 Å². The molecule has 0 spiro atoms. The Morgan fingerprint density at radius 2 is 1.57 bits per heavy atom. The van der Waals surface area contributed by atoms with Crippen molar-refractivity contribution in [2.45, 2.75) is 59.5 Å². The molecule has 0 aromatic carbocycles. The zero-order valence-electron chi connectivity index (χ0n) is 10.9. The van der Waals surface area contributed by atoms with Gasteiger partial charge in [-0.2, -0.15) is 0 Å². The fraction of sp³-hybridized carbons (Fsp3) is 1.00. The zero-order chi connectivity index (χ0) is 11.2. The van der Waals surface area contributed by atoms with Crippen LogP contribution in [0, 0.1) is 0 Å². The second kappa shape index (κ2) is 6.41. The van der Waals surface area contributed by atoms with E-state index in [-0.39, 0.29) is 5.54 Å². The quantitative estimate of drug-likeness (QED) is 0.679. The van der Waals surface area contributed by atoms with Crippen LogP contribution in [0.3, 0.4) is 0 Å². The summed E-state index contributed by atoms with van der Waals surface area (Å²) in [4.78, 5) is 2.53. The fourth-order valence-corrected chi connectivity index (χ4v) is 2.40. The van der Waals surface area contributed by atoms with E-state index in [4.69, 9.17) is 0 Å². The summed E-state index contributed by atoms with van der Waals surface area (Å²) in [7, 11) is 0. The predicted molar refractivity (Wildman–Crippen MR) is 64.8 cm³/mol. The van der Waals surface area contributed by atoms with Crippen molar-refractivity contribution in [2.24, 2.45) is 0 Å². The van der Waals surface area contributed by atoms with E-state index in [0.29, 0.717) is 6.04 Å². The molecular formula is C12H28N2. The number of likely N-dealkylation sites (N-methyl/N-ethyl adjacent to an activating group) is 2. The van der Waals surface area contributed by atoms with Crippen LogP contribution in [0.15, 0.2) is 0 Å². The summed E-state index contributed by atoms with van der Waals surface area (Å²) in [6, 6.07) is 0.590. The van der Waals surface area contributed by atoms with Gasteiger partial charge in [-0.1, -0.05) is 27.7 Å². The van der Waals surface area contributed by atoms with Crippen molar-refractivity contribution in [3.05, 3.63) is 0 Å². The van der Waals surface area contributed by atoms with E-state index in [1.165, 1.54) is 6.42 Å². The van der Waals surface area contributed by atoms with Crippen LogP contribution >= 0.6 is 0 Å². The van der Waals surface area contributed by atoms with Gasteiger partial charge in [0, 0.05) is 11.6 Å². The SMILES string of the molecule is CCNC(CC)C(C)(C)N(CC)CC. The van der Waals surface area contributed by atoms with Gasteiger partial charge < -0.3 is 5.32 Å². The van der Waals surface area contributed by atoms with E-state index in [1.54, 1.807) is 0 Å². The minimum absolute atomic E-state index is 0.258. The van der Waals surface area contributed by atoms with E-state index in [2.05, 4.69) is 51.8 Å². The third kappa shape index (κ3) is 3.25. The molecule has 0 amide bonds. The first-order chi connectivity index (χ1) is 6.54. The molecule has 86 valence electrons. The van der Waals surface area contributed by atoms with Crippen molar-refractivity contribution < 1.29 is 0 Å². The Labute approximate surface area is 90.1 Å². The summed E-state index contributed by atoms with van der Waals surface area (Å²) < 4.78 is 0. The third-order valence-electron chi connectivity index (χ3n) is 3.29. The molecule has 0 saturated carbocycles. The van der Waals surface area contributed by atoms with Gasteiger partial charge in [0.2, 0.25) is 0 Å². The van der Waals surface area contributed by atoms with E-state index in [9.17, 15) is 0 Å². The third-order valence-corrected chi connectivity index (χ3v) is 3.29. The maximum absolute atomic E-state index is 3.58. The smallest absolute Gasteiger partial charge is 0.0305 e. The lowest BCUT2D eigenvalue weighted by Gasteiger charge is -2.43. The summed E-state index contributed by atoms with van der Waals surface area (Å²) in [6.07, 6.45) is 1.19. The zero-order valence-corrected chi connectivity index (χ0v) is 10.9. The van der Waals surface area contributed by atoms with Crippen LogP contribution < -0.4 is 5.32 Å². The molecule has 0 fully saturated rings. The Kier molecular flexibility index (Phi) is 6.38. The topological polar surface area (TPSA) is 15.3 Å². The van der Waals surface area contributed by atoms with Gasteiger partial charge in [0.15, 0.2) is 0 Å². The number of nitrogens with one attached hydrogen (secondary N) is 1. The Bertz CT molecular complexity index is 139. The number of hydrogen-bond donors (Lipinski definition) is 1. The molecule has 14 heavy (non-hydrogen) atoms. The van der Waals surface area contributed by atoms with Crippen LogP contribution in [0.25, 0.3) is 0 Å². The average molecular weight is 200 g/mol. The summed E-state index contributed by atoms with van der Waals surface area (Å²) in [6.45, 7) is 16.9. The van der Waals surface area contributed by atoms with Gasteiger partial charge in [-0.15, -0.1) is 0 Å². The first kappa shape index (κ1) is 13.9. The molecule has 0 bridgehead atoms. The molecule has 0 heterocycles. The molecule has 2 nitrogen and oxygen atoms in total. The highest BCUT2D eigenvalue weighted by Crippen LogP contribution is 2.20. The summed E-state index contributed by atoms with van der Waals surface area (Å²) in [5.41, 5.74) is 0.258. The van der Waals surface area contributed by atoms with Crippen molar-refractivity contribution in [3.63, 3.8) is 0 Å². The van der Waals surface area contributed by atoms with Crippen LogP contribution in [0.2, 0.25) is 0 Å². The first-order valence-corrected chi connectivity index (χ1v) is 6.02. The highest BCUT2D eigenvalue weighted by atomic mass is 15.2. The molecule has 1 N–H and O–H groups in total. The molecule has 0 aliphatic carbocycles. The molecule has 2 heteroatoms. The maximum Gasteiger partial charge on any atom is 0.0305 e. The van der Waals surface area contributed by atoms with Gasteiger partial charge in [-0.3, -0.25) is 4.90 Å². The van der Waals surface area contributed by atoms with Gasteiger partial charge in [-0.25, -0.2) is 0 Å². The maximum atomic E-state index is 3.58. The van der Waals surface area contributed by atoms with Gasteiger partial charge >= 0.3 is 0 Å². The number of nitrogens with zero attached hydrogens (tertiary/aromatic N) is 1. The van der Waals surface area contributed by atoms with E-state index < -0.39 is 0 Å². The lowest BCUT2D eigenvalue weighted by atomic mass is 9.90. The standard InChI is InChI=1S/C12H28N2/c1-7-11(13-8-2)12(5,6)14(9-3)10-4/h11,13H,7-10H2,1-6H3. The molecule has 0 aromatic rings. The average Bonchev–Trinajstić information content (AvgIpc) is 2.15. The van der Waals surface area contributed by atoms with Crippen LogP contribution in [0.5, 0.6) is 0 Å². The monoisotopic (exact) mass is 200 g/mol. The molecule has 0 aromatic heterocycles. The van der Waals surface area contributed by atoms with E-state index in [0.717, 1.165) is 19.6 Å².